The summed E-state index contributed by atoms with van der Waals surface area (Å²) in [6.07, 6.45) is 9.10. The Morgan fingerprint density at radius 3 is 2.61 bits per heavy atom. The highest BCUT2D eigenvalue weighted by Gasteiger charge is 2.41. The van der Waals surface area contributed by atoms with Crippen molar-refractivity contribution in [2.24, 2.45) is 11.1 Å². The quantitative estimate of drug-likeness (QED) is 0.839. The van der Waals surface area contributed by atoms with Gasteiger partial charge in [-0.2, -0.15) is 0 Å². The van der Waals surface area contributed by atoms with Crippen LogP contribution >= 0.6 is 0 Å². The fourth-order valence-corrected chi connectivity index (χ4v) is 3.66. The van der Waals surface area contributed by atoms with Crippen LogP contribution in [0.3, 0.4) is 0 Å². The molecule has 2 atom stereocenters. The van der Waals surface area contributed by atoms with E-state index < -0.39 is 0 Å². The molecule has 1 amide bonds. The summed E-state index contributed by atoms with van der Waals surface area (Å²) in [6.45, 7) is 5.17. The Morgan fingerprint density at radius 2 is 2.00 bits per heavy atom. The van der Waals surface area contributed by atoms with Crippen LogP contribution in [0, 0.1) is 5.41 Å². The summed E-state index contributed by atoms with van der Waals surface area (Å²) in [5.74, 6) is 0.408. The van der Waals surface area contributed by atoms with Gasteiger partial charge in [0.1, 0.15) is 0 Å². The third-order valence-electron chi connectivity index (χ3n) is 4.76. The van der Waals surface area contributed by atoms with Gasteiger partial charge in [-0.15, -0.1) is 0 Å². The average Bonchev–Trinajstić information content (AvgIpc) is 2.76. The normalized spacial score (nSPS) is 29.3. The van der Waals surface area contributed by atoms with Crippen molar-refractivity contribution in [2.45, 2.75) is 77.3 Å². The summed E-state index contributed by atoms with van der Waals surface area (Å²) >= 11 is 0. The van der Waals surface area contributed by atoms with Crippen LogP contribution < -0.4 is 5.73 Å². The minimum atomic E-state index is -0.0760. The van der Waals surface area contributed by atoms with Crippen molar-refractivity contribution in [3.8, 4) is 0 Å². The van der Waals surface area contributed by atoms with Crippen LogP contribution in [0.4, 0.5) is 0 Å². The molecule has 0 aromatic heterocycles. The van der Waals surface area contributed by atoms with Gasteiger partial charge in [0, 0.05) is 24.0 Å². The number of nitrogens with zero attached hydrogens (tertiary/aromatic N) is 1. The number of hydrogen-bond acceptors (Lipinski definition) is 2. The maximum atomic E-state index is 12.8. The largest absolute Gasteiger partial charge is 0.339 e. The molecule has 3 nitrogen and oxygen atoms in total. The van der Waals surface area contributed by atoms with Crippen LogP contribution in [0.2, 0.25) is 0 Å². The first kappa shape index (κ1) is 13.9. The molecule has 2 aliphatic rings. The summed E-state index contributed by atoms with van der Waals surface area (Å²) in [7, 11) is 0. The second-order valence-electron chi connectivity index (χ2n) is 6.63. The predicted molar refractivity (Wildman–Crippen MR) is 74.2 cm³/mol. The molecular weight excluding hydrogens is 224 g/mol. The molecule has 3 heteroatoms. The van der Waals surface area contributed by atoms with E-state index in [2.05, 4.69) is 18.7 Å². The van der Waals surface area contributed by atoms with Gasteiger partial charge >= 0.3 is 0 Å². The molecule has 0 radical (unpaired) electrons. The highest BCUT2D eigenvalue weighted by molar-refractivity contribution is 5.83. The topological polar surface area (TPSA) is 46.3 Å². The van der Waals surface area contributed by atoms with E-state index in [4.69, 9.17) is 5.73 Å². The molecule has 104 valence electrons. The number of nitrogens with two attached hydrogens (primary N) is 1. The molecule has 0 spiro atoms. The maximum absolute atomic E-state index is 12.8. The van der Waals surface area contributed by atoms with E-state index in [0.29, 0.717) is 11.9 Å². The molecule has 0 aromatic carbocycles. The van der Waals surface area contributed by atoms with Gasteiger partial charge in [-0.05, 0) is 45.4 Å². The van der Waals surface area contributed by atoms with Crippen molar-refractivity contribution in [1.82, 2.24) is 4.90 Å². The smallest absolute Gasteiger partial charge is 0.228 e. The van der Waals surface area contributed by atoms with Crippen molar-refractivity contribution < 1.29 is 4.79 Å². The molecule has 2 unspecified atom stereocenters. The summed E-state index contributed by atoms with van der Waals surface area (Å²) in [5.41, 5.74) is 5.86. The van der Waals surface area contributed by atoms with Crippen molar-refractivity contribution >= 4 is 5.91 Å². The lowest BCUT2D eigenvalue weighted by Gasteiger charge is -2.41. The zero-order chi connectivity index (χ0) is 13.2. The number of piperidine rings is 1. The lowest BCUT2D eigenvalue weighted by Crippen LogP contribution is -2.50. The number of carbonyl (C=O) groups is 1. The van der Waals surface area contributed by atoms with Gasteiger partial charge in [0.05, 0.1) is 0 Å². The summed E-state index contributed by atoms with van der Waals surface area (Å²) in [5, 5.41) is 0. The zero-order valence-corrected chi connectivity index (χ0v) is 12.0. The molecule has 0 bridgehead atoms. The lowest BCUT2D eigenvalue weighted by molar-refractivity contribution is -0.145. The molecule has 18 heavy (non-hydrogen) atoms. The van der Waals surface area contributed by atoms with Gasteiger partial charge in [-0.25, -0.2) is 0 Å². The molecule has 1 saturated heterocycles. The van der Waals surface area contributed by atoms with E-state index in [-0.39, 0.29) is 11.5 Å². The van der Waals surface area contributed by atoms with Gasteiger partial charge in [0.2, 0.25) is 5.91 Å². The molecule has 1 aliphatic carbocycles. The second kappa shape index (κ2) is 5.60. The van der Waals surface area contributed by atoms with Crippen molar-refractivity contribution in [2.75, 3.05) is 6.54 Å². The Bertz CT molecular complexity index is 295. The maximum Gasteiger partial charge on any atom is 0.228 e. The highest BCUT2D eigenvalue weighted by Crippen LogP contribution is 2.40. The summed E-state index contributed by atoms with van der Waals surface area (Å²) < 4.78 is 0. The van der Waals surface area contributed by atoms with Gasteiger partial charge in [0.25, 0.3) is 0 Å². The van der Waals surface area contributed by atoms with Crippen LogP contribution in [0.15, 0.2) is 0 Å². The molecule has 1 aliphatic heterocycles. The van der Waals surface area contributed by atoms with Gasteiger partial charge in [0.15, 0.2) is 0 Å². The molecule has 2 rings (SSSR count). The van der Waals surface area contributed by atoms with Crippen molar-refractivity contribution in [3.63, 3.8) is 0 Å². The average molecular weight is 252 g/mol. The fraction of sp³-hybridized carbons (Fsp3) is 0.933. The number of amides is 1. The first-order valence-corrected chi connectivity index (χ1v) is 7.59. The van der Waals surface area contributed by atoms with E-state index in [1.807, 2.05) is 0 Å². The Morgan fingerprint density at radius 1 is 1.33 bits per heavy atom. The minimum Gasteiger partial charge on any atom is -0.339 e. The Balaban J connectivity index is 2.05. The van der Waals surface area contributed by atoms with E-state index in [9.17, 15) is 4.79 Å². The third kappa shape index (κ3) is 2.87. The Hall–Kier alpha value is -0.570. The first-order valence-electron chi connectivity index (χ1n) is 7.59. The molecule has 1 heterocycles. The van der Waals surface area contributed by atoms with E-state index in [1.165, 1.54) is 19.3 Å². The van der Waals surface area contributed by atoms with Gasteiger partial charge in [-0.1, -0.05) is 19.8 Å². The van der Waals surface area contributed by atoms with E-state index in [0.717, 1.165) is 38.6 Å². The van der Waals surface area contributed by atoms with Crippen LogP contribution in [0.5, 0.6) is 0 Å². The number of hydrogen-bond donors (Lipinski definition) is 1. The minimum absolute atomic E-state index is 0.0760. The number of rotatable bonds is 3. The van der Waals surface area contributed by atoms with Gasteiger partial charge < -0.3 is 10.6 Å². The Labute approximate surface area is 111 Å². The number of likely N-dealkylation sites (tertiary alicyclic amines) is 1. The fourth-order valence-electron chi connectivity index (χ4n) is 3.66. The predicted octanol–water partition coefficient (Wildman–Crippen LogP) is 2.69. The molecular formula is C15H28N2O. The third-order valence-corrected chi connectivity index (χ3v) is 4.76. The molecule has 2 fully saturated rings. The summed E-state index contributed by atoms with van der Waals surface area (Å²) in [4.78, 5) is 15.0. The summed E-state index contributed by atoms with van der Waals surface area (Å²) in [6, 6.07) is 0.587. The van der Waals surface area contributed by atoms with Crippen molar-refractivity contribution in [3.05, 3.63) is 0 Å². The molecule has 1 saturated carbocycles. The monoisotopic (exact) mass is 252 g/mol. The SMILES string of the molecule is CC(N)CC1CCCCN1C(=O)C1(C)CCCC1. The second-order valence-corrected chi connectivity index (χ2v) is 6.63. The number of carbonyl (C=O) groups excluding carboxylic acids is 1. The van der Waals surface area contributed by atoms with Crippen LogP contribution in [-0.2, 0) is 4.79 Å². The molecule has 2 N–H and O–H groups in total. The Kier molecular flexibility index (Phi) is 4.31. The first-order chi connectivity index (χ1) is 8.53. The van der Waals surface area contributed by atoms with Crippen LogP contribution in [0.25, 0.3) is 0 Å². The van der Waals surface area contributed by atoms with E-state index >= 15 is 0 Å². The van der Waals surface area contributed by atoms with Gasteiger partial charge in [-0.3, -0.25) is 4.79 Å². The standard InChI is InChI=1S/C15H28N2O/c1-12(16)11-13-7-3-6-10-17(13)14(18)15(2)8-4-5-9-15/h12-13H,3-11,16H2,1-2H3. The lowest BCUT2D eigenvalue weighted by atomic mass is 9.84. The molecule has 0 aromatic rings. The van der Waals surface area contributed by atoms with Crippen molar-refractivity contribution in [1.29, 1.82) is 0 Å². The highest BCUT2D eigenvalue weighted by atomic mass is 16.2. The zero-order valence-electron chi connectivity index (χ0n) is 12.0. The van der Waals surface area contributed by atoms with Crippen LogP contribution in [-0.4, -0.2) is 29.4 Å². The van der Waals surface area contributed by atoms with E-state index in [1.54, 1.807) is 0 Å². The van der Waals surface area contributed by atoms with Crippen LogP contribution in [0.1, 0.15) is 65.2 Å².